The normalized spacial score (nSPS) is 11.6. The van der Waals surface area contributed by atoms with Crippen molar-refractivity contribution in [1.82, 2.24) is 9.97 Å². The molecule has 2 N–H and O–H groups in total. The number of pyridine rings is 2. The number of carboxylic acid groups (broad SMARTS) is 1. The summed E-state index contributed by atoms with van der Waals surface area (Å²) in [4.78, 5) is 20.5. The minimum atomic E-state index is -0.992. The number of aromatic nitrogens is 2. The van der Waals surface area contributed by atoms with Crippen molar-refractivity contribution in [2.45, 2.75) is 19.9 Å². The first kappa shape index (κ1) is 21.8. The molecule has 0 fully saturated rings. The summed E-state index contributed by atoms with van der Waals surface area (Å²) in [5, 5.41) is 23.5. The topological polar surface area (TPSA) is 108 Å². The van der Waals surface area contributed by atoms with Crippen molar-refractivity contribution in [3.63, 3.8) is 0 Å². The van der Waals surface area contributed by atoms with Crippen LogP contribution in [0.3, 0.4) is 0 Å². The fourth-order valence-corrected chi connectivity index (χ4v) is 3.88. The molecule has 0 bridgehead atoms. The van der Waals surface area contributed by atoms with E-state index in [9.17, 15) is 15.2 Å². The lowest BCUT2D eigenvalue weighted by Crippen LogP contribution is -2.11. The number of carbonyl (C=O) groups is 1. The summed E-state index contributed by atoms with van der Waals surface area (Å²) in [6.45, 7) is 3.94. The van der Waals surface area contributed by atoms with Crippen molar-refractivity contribution in [2.75, 3.05) is 12.4 Å². The van der Waals surface area contributed by atoms with Crippen LogP contribution in [0.4, 0.5) is 5.69 Å². The van der Waals surface area contributed by atoms with E-state index in [0.29, 0.717) is 28.3 Å². The van der Waals surface area contributed by atoms with E-state index >= 15 is 0 Å². The molecule has 0 unspecified atom stereocenters. The average Bonchev–Trinajstić information content (AvgIpc) is 2.82. The highest BCUT2D eigenvalue weighted by Gasteiger charge is 2.18. The predicted molar refractivity (Wildman–Crippen MR) is 126 cm³/mol. The summed E-state index contributed by atoms with van der Waals surface area (Å²) in [6, 6.07) is 18.3. The number of methoxy groups -OCH3 is 1. The molecular weight excluding hydrogens is 416 g/mol. The minimum absolute atomic E-state index is 0.205. The van der Waals surface area contributed by atoms with E-state index < -0.39 is 5.97 Å². The Kier molecular flexibility index (Phi) is 5.92. The van der Waals surface area contributed by atoms with E-state index in [4.69, 9.17) is 4.74 Å². The van der Waals surface area contributed by atoms with Crippen LogP contribution in [0.25, 0.3) is 22.0 Å². The molecule has 0 aliphatic heterocycles. The molecule has 0 aliphatic rings. The maximum atomic E-state index is 11.6. The number of nitrogens with one attached hydrogen (secondary N) is 1. The van der Waals surface area contributed by atoms with Gasteiger partial charge in [0.2, 0.25) is 5.88 Å². The quantitative estimate of drug-likeness (QED) is 0.417. The second-order valence-electron chi connectivity index (χ2n) is 7.72. The zero-order chi connectivity index (χ0) is 23.5. The van der Waals surface area contributed by atoms with Crippen LogP contribution >= 0.6 is 0 Å². The first-order valence-corrected chi connectivity index (χ1v) is 10.4. The standard InChI is InChI=1S/C26H22N4O3/c1-15-10-19(16(2)29-22-7-5-4-6-18(22)26(31)32)21-12-20(24(13-27)30-23(21)11-15)17-8-9-25(33-3)28-14-17/h4-12,14,16,29H,1-3H3,(H,31,32)/t16-/m1/s1. The summed E-state index contributed by atoms with van der Waals surface area (Å²) in [7, 11) is 1.55. The Balaban J connectivity index is 1.84. The number of aryl methyl sites for hydroxylation is 1. The lowest BCUT2D eigenvalue weighted by molar-refractivity contribution is 0.0698. The summed E-state index contributed by atoms with van der Waals surface area (Å²) in [5.74, 6) is -0.508. The molecule has 7 heteroatoms. The van der Waals surface area contributed by atoms with Gasteiger partial charge in [0.25, 0.3) is 0 Å². The molecule has 0 amide bonds. The highest BCUT2D eigenvalue weighted by atomic mass is 16.5. The van der Waals surface area contributed by atoms with Gasteiger partial charge in [0.15, 0.2) is 0 Å². The van der Waals surface area contributed by atoms with E-state index in [1.807, 2.05) is 38.1 Å². The predicted octanol–water partition coefficient (Wildman–Crippen LogP) is 5.36. The van der Waals surface area contributed by atoms with Crippen LogP contribution < -0.4 is 10.1 Å². The first-order chi connectivity index (χ1) is 15.9. The highest BCUT2D eigenvalue weighted by molar-refractivity contribution is 5.94. The molecule has 33 heavy (non-hydrogen) atoms. The maximum absolute atomic E-state index is 11.6. The van der Waals surface area contributed by atoms with Crippen molar-refractivity contribution < 1.29 is 14.6 Å². The molecule has 1 atom stereocenters. The number of benzene rings is 2. The largest absolute Gasteiger partial charge is 0.481 e. The van der Waals surface area contributed by atoms with E-state index in [0.717, 1.165) is 22.1 Å². The fourth-order valence-electron chi connectivity index (χ4n) is 3.88. The lowest BCUT2D eigenvalue weighted by atomic mass is 9.95. The third-order valence-corrected chi connectivity index (χ3v) is 5.47. The van der Waals surface area contributed by atoms with Crippen molar-refractivity contribution in [1.29, 1.82) is 5.26 Å². The number of hydrogen-bond acceptors (Lipinski definition) is 6. The molecule has 0 saturated carbocycles. The van der Waals surface area contributed by atoms with Gasteiger partial charge in [-0.15, -0.1) is 0 Å². The van der Waals surface area contributed by atoms with E-state index in [1.165, 1.54) is 0 Å². The number of carboxylic acids is 1. The molecule has 7 nitrogen and oxygen atoms in total. The molecular formula is C26H22N4O3. The summed E-state index contributed by atoms with van der Waals surface area (Å²) < 4.78 is 5.14. The van der Waals surface area contributed by atoms with Crippen molar-refractivity contribution >= 4 is 22.6 Å². The van der Waals surface area contributed by atoms with Crippen LogP contribution in [0.5, 0.6) is 5.88 Å². The Morgan fingerprint density at radius 1 is 1.18 bits per heavy atom. The molecule has 164 valence electrons. The summed E-state index contributed by atoms with van der Waals surface area (Å²) in [5.41, 5.74) is 5.12. The van der Waals surface area contributed by atoms with Gasteiger partial charge < -0.3 is 15.2 Å². The van der Waals surface area contributed by atoms with Crippen molar-refractivity contribution in [3.05, 3.63) is 83.2 Å². The Morgan fingerprint density at radius 2 is 1.97 bits per heavy atom. The number of anilines is 1. The second kappa shape index (κ2) is 8.97. The number of nitriles is 1. The molecule has 0 saturated heterocycles. The van der Waals surface area contributed by atoms with Crippen LogP contribution in [0, 0.1) is 18.3 Å². The SMILES string of the molecule is COc1ccc(-c2cc3c([C@@H](C)Nc4ccccc4C(=O)O)cc(C)cc3nc2C#N)cn1. The Labute approximate surface area is 191 Å². The molecule has 4 rings (SSSR count). The number of ether oxygens (including phenoxy) is 1. The monoisotopic (exact) mass is 438 g/mol. The molecule has 2 aromatic heterocycles. The number of rotatable bonds is 6. The summed E-state index contributed by atoms with van der Waals surface area (Å²) >= 11 is 0. The zero-order valence-electron chi connectivity index (χ0n) is 18.5. The lowest BCUT2D eigenvalue weighted by Gasteiger charge is -2.20. The molecule has 0 aliphatic carbocycles. The Hall–Kier alpha value is -4.44. The number of fused-ring (bicyclic) bond motifs is 1. The van der Waals surface area contributed by atoms with Crippen molar-refractivity contribution in [2.24, 2.45) is 0 Å². The highest BCUT2D eigenvalue weighted by Crippen LogP contribution is 2.33. The van der Waals surface area contributed by atoms with Gasteiger partial charge >= 0.3 is 5.97 Å². The average molecular weight is 438 g/mol. The van der Waals surface area contributed by atoms with Crippen LogP contribution in [0.15, 0.2) is 60.8 Å². The Bertz CT molecular complexity index is 1390. The van der Waals surface area contributed by atoms with Gasteiger partial charge in [-0.2, -0.15) is 5.26 Å². The smallest absolute Gasteiger partial charge is 0.337 e. The molecule has 0 radical (unpaired) electrons. The van der Waals surface area contributed by atoms with Gasteiger partial charge in [-0.05, 0) is 55.3 Å². The first-order valence-electron chi connectivity index (χ1n) is 10.4. The number of para-hydroxylation sites is 1. The van der Waals surface area contributed by atoms with Gasteiger partial charge in [0.1, 0.15) is 11.8 Å². The maximum Gasteiger partial charge on any atom is 0.337 e. The molecule has 2 aromatic carbocycles. The Morgan fingerprint density at radius 3 is 2.64 bits per heavy atom. The van der Waals surface area contributed by atoms with E-state index in [1.54, 1.807) is 43.6 Å². The van der Waals surface area contributed by atoms with Crippen LogP contribution in [0.1, 0.15) is 40.1 Å². The van der Waals surface area contributed by atoms with Gasteiger partial charge in [-0.1, -0.05) is 18.2 Å². The zero-order valence-corrected chi connectivity index (χ0v) is 18.5. The minimum Gasteiger partial charge on any atom is -0.481 e. The van der Waals surface area contributed by atoms with Gasteiger partial charge in [0, 0.05) is 40.5 Å². The van der Waals surface area contributed by atoms with E-state index in [2.05, 4.69) is 21.4 Å². The number of hydrogen-bond donors (Lipinski definition) is 2. The van der Waals surface area contributed by atoms with Gasteiger partial charge in [-0.25, -0.2) is 14.8 Å². The van der Waals surface area contributed by atoms with Gasteiger partial charge in [-0.3, -0.25) is 0 Å². The van der Waals surface area contributed by atoms with E-state index in [-0.39, 0.29) is 11.6 Å². The molecule has 4 aromatic rings. The third kappa shape index (κ3) is 4.32. The number of aromatic carboxylic acids is 1. The molecule has 0 spiro atoms. The van der Waals surface area contributed by atoms with Crippen molar-refractivity contribution in [3.8, 4) is 23.1 Å². The van der Waals surface area contributed by atoms with Crippen LogP contribution in [0.2, 0.25) is 0 Å². The van der Waals surface area contributed by atoms with Crippen LogP contribution in [-0.2, 0) is 0 Å². The number of nitrogens with zero attached hydrogens (tertiary/aromatic N) is 3. The molecule has 2 heterocycles. The van der Waals surface area contributed by atoms with Gasteiger partial charge in [0.05, 0.1) is 18.2 Å². The summed E-state index contributed by atoms with van der Waals surface area (Å²) in [6.07, 6.45) is 1.65. The second-order valence-corrected chi connectivity index (χ2v) is 7.72. The fraction of sp³-hybridized carbons (Fsp3) is 0.154. The van der Waals surface area contributed by atoms with Crippen LogP contribution in [-0.4, -0.2) is 28.2 Å². The third-order valence-electron chi connectivity index (χ3n) is 5.47.